The molecule has 1 unspecified atom stereocenters. The van der Waals surface area contributed by atoms with Crippen molar-refractivity contribution in [2.75, 3.05) is 19.4 Å². The van der Waals surface area contributed by atoms with Crippen molar-refractivity contribution in [3.8, 4) is 0 Å². The van der Waals surface area contributed by atoms with E-state index < -0.39 is 6.03 Å². The van der Waals surface area contributed by atoms with Gasteiger partial charge in [0.1, 0.15) is 11.0 Å². The fourth-order valence-corrected chi connectivity index (χ4v) is 3.52. The minimum Gasteiger partial charge on any atom is -0.306 e. The Kier molecular flexibility index (Phi) is 11.1. The van der Waals surface area contributed by atoms with Crippen LogP contribution in [-0.4, -0.2) is 52.8 Å². The largest absolute Gasteiger partial charge is 0.338 e. The normalized spacial score (nSPS) is 16.5. The maximum absolute atomic E-state index is 12.5. The zero-order valence-electron chi connectivity index (χ0n) is 21.5. The molecular formula is C24H38ClN7O. The third kappa shape index (κ3) is 7.60. The van der Waals surface area contributed by atoms with Crippen LogP contribution in [-0.2, 0) is 0 Å². The van der Waals surface area contributed by atoms with Crippen molar-refractivity contribution in [2.45, 2.75) is 61.6 Å². The molecule has 2 aliphatic rings. The summed E-state index contributed by atoms with van der Waals surface area (Å²) in [6, 6.07) is 2.94. The second kappa shape index (κ2) is 13.0. The van der Waals surface area contributed by atoms with E-state index in [9.17, 15) is 4.79 Å². The van der Waals surface area contributed by atoms with Crippen LogP contribution in [0.4, 0.5) is 10.5 Å². The molecule has 0 saturated heterocycles. The van der Waals surface area contributed by atoms with Crippen LogP contribution in [0.5, 0.6) is 0 Å². The number of anilines is 1. The van der Waals surface area contributed by atoms with Crippen molar-refractivity contribution < 1.29 is 4.79 Å². The number of likely N-dealkylation sites (N-methyl/N-ethyl adjacent to an activating group) is 2. The number of carbonyl (C=O) groups is 1. The lowest BCUT2D eigenvalue weighted by Crippen LogP contribution is -2.45. The number of fused-ring (bicyclic) bond motifs is 1. The number of pyridine rings is 1. The number of allylic oxidation sites excluding steroid dienone is 2. The van der Waals surface area contributed by atoms with E-state index in [4.69, 9.17) is 16.6 Å². The van der Waals surface area contributed by atoms with Gasteiger partial charge in [-0.25, -0.2) is 20.2 Å². The summed E-state index contributed by atoms with van der Waals surface area (Å²) >= 11 is 5.96. The molecule has 1 aromatic rings. The second-order valence-electron chi connectivity index (χ2n) is 7.44. The van der Waals surface area contributed by atoms with E-state index in [1.165, 1.54) is 0 Å². The minimum atomic E-state index is -0.402. The molecule has 33 heavy (non-hydrogen) atoms. The van der Waals surface area contributed by atoms with E-state index in [-0.39, 0.29) is 12.1 Å². The quantitative estimate of drug-likeness (QED) is 0.428. The predicted molar refractivity (Wildman–Crippen MR) is 140 cm³/mol. The number of aromatic nitrogens is 1. The summed E-state index contributed by atoms with van der Waals surface area (Å²) in [5, 5.41) is 11.1. The molecule has 2 aliphatic heterocycles. The lowest BCUT2D eigenvalue weighted by Gasteiger charge is -2.27. The lowest BCUT2D eigenvalue weighted by molar-refractivity contribution is 0.235. The van der Waals surface area contributed by atoms with Gasteiger partial charge in [-0.05, 0) is 49.6 Å². The molecule has 1 atom stereocenters. The fraction of sp³-hybridized carbons (Fsp3) is 0.500. The summed E-state index contributed by atoms with van der Waals surface area (Å²) in [4.78, 5) is 21.3. The van der Waals surface area contributed by atoms with Crippen molar-refractivity contribution in [3.63, 3.8) is 0 Å². The molecule has 0 saturated carbocycles. The zero-order valence-corrected chi connectivity index (χ0v) is 22.2. The zero-order chi connectivity index (χ0) is 25.3. The Hall–Kier alpha value is -2.87. The van der Waals surface area contributed by atoms with E-state index in [0.29, 0.717) is 16.7 Å². The highest BCUT2D eigenvalue weighted by molar-refractivity contribution is 6.29. The number of rotatable bonds is 2. The van der Waals surface area contributed by atoms with Gasteiger partial charge in [-0.3, -0.25) is 10.0 Å². The molecule has 2 bridgehead atoms. The molecule has 0 radical (unpaired) electrons. The van der Waals surface area contributed by atoms with Crippen LogP contribution >= 0.6 is 11.6 Å². The number of halogens is 1. The van der Waals surface area contributed by atoms with Crippen LogP contribution in [0.25, 0.3) is 0 Å². The number of amides is 2. The summed E-state index contributed by atoms with van der Waals surface area (Å²) in [5.41, 5.74) is 7.27. The molecule has 0 spiro atoms. The molecule has 2 amide bonds. The third-order valence-electron chi connectivity index (χ3n) is 4.67. The predicted octanol–water partition coefficient (Wildman–Crippen LogP) is 5.63. The highest BCUT2D eigenvalue weighted by atomic mass is 35.5. The third-order valence-corrected chi connectivity index (χ3v) is 4.86. The van der Waals surface area contributed by atoms with Gasteiger partial charge in [-0.2, -0.15) is 5.10 Å². The number of amidine groups is 1. The van der Waals surface area contributed by atoms with Crippen LogP contribution in [0.1, 0.15) is 54.2 Å². The number of aryl methyl sites for hydroxylation is 1. The topological polar surface area (TPSA) is 85.2 Å². The maximum atomic E-state index is 12.5. The molecule has 9 heteroatoms. The number of carbonyl (C=O) groups excluding carboxylic acids is 1. The molecule has 0 aliphatic carbocycles. The van der Waals surface area contributed by atoms with Crippen LogP contribution in [0.15, 0.2) is 45.5 Å². The van der Waals surface area contributed by atoms with Crippen molar-refractivity contribution in [3.05, 3.63) is 46.3 Å². The van der Waals surface area contributed by atoms with E-state index in [0.717, 1.165) is 22.6 Å². The van der Waals surface area contributed by atoms with Gasteiger partial charge < -0.3 is 5.32 Å². The highest BCUT2D eigenvalue weighted by Gasteiger charge is 2.26. The van der Waals surface area contributed by atoms with Crippen LogP contribution < -0.4 is 10.7 Å². The monoisotopic (exact) mass is 475 g/mol. The van der Waals surface area contributed by atoms with Crippen molar-refractivity contribution in [1.29, 1.82) is 0 Å². The number of nitrogens with zero attached hydrogens (tertiary/aromatic N) is 5. The first-order valence-corrected chi connectivity index (χ1v) is 11.8. The Morgan fingerprint density at radius 3 is 2.39 bits per heavy atom. The van der Waals surface area contributed by atoms with Gasteiger partial charge in [0.15, 0.2) is 6.17 Å². The highest BCUT2D eigenvalue weighted by Crippen LogP contribution is 2.28. The Labute approximate surface area is 203 Å². The van der Waals surface area contributed by atoms with Gasteiger partial charge in [-0.15, -0.1) is 0 Å². The second-order valence-corrected chi connectivity index (χ2v) is 7.83. The number of nitrogens with one attached hydrogen (secondary N) is 2. The molecule has 3 heterocycles. The van der Waals surface area contributed by atoms with E-state index in [1.807, 2.05) is 59.7 Å². The molecule has 1 aromatic heterocycles. The van der Waals surface area contributed by atoms with Crippen LogP contribution in [0, 0.1) is 12.8 Å². The molecule has 8 nitrogen and oxygen atoms in total. The number of hydrogen-bond acceptors (Lipinski definition) is 6. The first-order valence-electron chi connectivity index (χ1n) is 11.4. The summed E-state index contributed by atoms with van der Waals surface area (Å²) in [6.07, 6.45) is 3.88. The van der Waals surface area contributed by atoms with Crippen molar-refractivity contribution in [1.82, 2.24) is 20.4 Å². The van der Waals surface area contributed by atoms with Gasteiger partial charge in [-0.1, -0.05) is 53.1 Å². The van der Waals surface area contributed by atoms with Crippen molar-refractivity contribution in [2.24, 2.45) is 16.0 Å². The van der Waals surface area contributed by atoms with Gasteiger partial charge in [0.05, 0.1) is 5.71 Å². The average molecular weight is 476 g/mol. The van der Waals surface area contributed by atoms with Crippen molar-refractivity contribution >= 4 is 34.9 Å². The summed E-state index contributed by atoms with van der Waals surface area (Å²) in [7, 11) is 3.64. The van der Waals surface area contributed by atoms with Gasteiger partial charge in [0.2, 0.25) is 0 Å². The number of hydrogen-bond donors (Lipinski definition) is 2. The SMILES string of the molecule is CC.CC.CC1=NN(C)C2C=C1C(C(C)C)=CC(N(C)NC(=O)Nc1cc(C)nc(Cl)c1)=N2. The molecule has 0 aromatic carbocycles. The maximum Gasteiger partial charge on any atom is 0.338 e. The van der Waals surface area contributed by atoms with Gasteiger partial charge in [0.25, 0.3) is 0 Å². The molecular weight excluding hydrogens is 438 g/mol. The van der Waals surface area contributed by atoms with Gasteiger partial charge >= 0.3 is 6.03 Å². The van der Waals surface area contributed by atoms with E-state index in [2.05, 4.69) is 40.8 Å². The lowest BCUT2D eigenvalue weighted by atomic mass is 9.91. The van der Waals surface area contributed by atoms with Gasteiger partial charge in [0, 0.05) is 31.0 Å². The Morgan fingerprint density at radius 2 is 1.82 bits per heavy atom. The molecule has 2 N–H and O–H groups in total. The molecule has 3 rings (SSSR count). The average Bonchev–Trinajstić information content (AvgIpc) is 2.93. The molecule has 182 valence electrons. The minimum absolute atomic E-state index is 0.231. The fourth-order valence-electron chi connectivity index (χ4n) is 3.27. The molecule has 0 fully saturated rings. The first kappa shape index (κ1) is 28.2. The number of aliphatic imine (C=N–C) groups is 1. The standard InChI is InChI=1S/C20H26ClN7O.2C2H6/c1-11(2)15-9-18(24-19-10-16(15)13(4)25-27(19)5)28(6)26-20(29)23-14-7-12(3)22-17(21)8-14;2*1-2/h7-11,19H,1-6H3,(H2,22,23,26,29);2*1-2H3. The first-order chi connectivity index (χ1) is 15.6. The number of urea groups is 1. The number of hydrazone groups is 1. The smallest absolute Gasteiger partial charge is 0.306 e. The van der Waals surface area contributed by atoms with E-state index >= 15 is 0 Å². The van der Waals surface area contributed by atoms with Crippen LogP contribution in [0.3, 0.4) is 0 Å². The Morgan fingerprint density at radius 1 is 1.18 bits per heavy atom. The summed E-state index contributed by atoms with van der Waals surface area (Å²) in [6.45, 7) is 16.1. The number of hydrazine groups is 1. The Balaban J connectivity index is 0.00000129. The summed E-state index contributed by atoms with van der Waals surface area (Å²) in [5.74, 6) is 0.920. The summed E-state index contributed by atoms with van der Waals surface area (Å²) < 4.78 is 0. The van der Waals surface area contributed by atoms with Crippen LogP contribution in [0.2, 0.25) is 5.15 Å². The Bertz CT molecular complexity index is 930. The van der Waals surface area contributed by atoms with E-state index in [1.54, 1.807) is 24.2 Å².